The molecule has 1 fully saturated rings. The molecule has 0 N–H and O–H groups in total. The van der Waals surface area contributed by atoms with Crippen LogP contribution in [-0.2, 0) is 9.47 Å². The van der Waals surface area contributed by atoms with Crippen molar-refractivity contribution in [2.24, 2.45) is 0 Å². The molecule has 0 spiro atoms. The summed E-state index contributed by atoms with van der Waals surface area (Å²) >= 11 is 0. The molecule has 3 nitrogen and oxygen atoms in total. The Morgan fingerprint density at radius 2 is 1.81 bits per heavy atom. The van der Waals surface area contributed by atoms with E-state index in [9.17, 15) is 0 Å². The van der Waals surface area contributed by atoms with Gasteiger partial charge in [0, 0.05) is 5.56 Å². The molecule has 1 aromatic rings. The molecule has 0 aliphatic carbocycles. The number of methoxy groups -OCH3 is 1. The van der Waals surface area contributed by atoms with Crippen molar-refractivity contribution in [3.63, 3.8) is 0 Å². The molecule has 1 heterocycles. The molecule has 0 radical (unpaired) electrons. The highest BCUT2D eigenvalue weighted by Crippen LogP contribution is 2.27. The van der Waals surface area contributed by atoms with Gasteiger partial charge < -0.3 is 14.2 Å². The molecular weight excluding hydrogens is 204 g/mol. The minimum absolute atomic E-state index is 0.195. The van der Waals surface area contributed by atoms with E-state index in [4.69, 9.17) is 14.2 Å². The van der Waals surface area contributed by atoms with E-state index < -0.39 is 0 Å². The normalized spacial score (nSPS) is 15.5. The lowest BCUT2D eigenvalue weighted by Gasteiger charge is -2.11. The van der Waals surface area contributed by atoms with Crippen LogP contribution in [0.2, 0.25) is 0 Å². The third-order valence-electron chi connectivity index (χ3n) is 2.31. The van der Waals surface area contributed by atoms with E-state index in [0.29, 0.717) is 13.2 Å². The fourth-order valence-corrected chi connectivity index (χ4v) is 1.60. The highest BCUT2D eigenvalue weighted by atomic mass is 16.7. The molecule has 0 aromatic heterocycles. The summed E-state index contributed by atoms with van der Waals surface area (Å²) in [5.41, 5.74) is 2.16. The second kappa shape index (κ2) is 6.51. The Balaban J connectivity index is 0.000000606. The van der Waals surface area contributed by atoms with Crippen molar-refractivity contribution in [2.45, 2.75) is 27.1 Å². The second-order valence-electron chi connectivity index (χ2n) is 3.30. The Morgan fingerprint density at radius 1 is 1.19 bits per heavy atom. The van der Waals surface area contributed by atoms with E-state index in [-0.39, 0.29) is 6.29 Å². The first kappa shape index (κ1) is 13.0. The van der Waals surface area contributed by atoms with E-state index in [2.05, 4.69) is 0 Å². The molecule has 90 valence electrons. The molecule has 3 heteroatoms. The summed E-state index contributed by atoms with van der Waals surface area (Å²) in [4.78, 5) is 0. The molecular formula is C13H20O3. The third kappa shape index (κ3) is 2.97. The van der Waals surface area contributed by atoms with E-state index in [0.717, 1.165) is 16.9 Å². The third-order valence-corrected chi connectivity index (χ3v) is 2.31. The van der Waals surface area contributed by atoms with Crippen LogP contribution >= 0.6 is 0 Å². The summed E-state index contributed by atoms with van der Waals surface area (Å²) < 4.78 is 16.0. The van der Waals surface area contributed by atoms with Gasteiger partial charge in [0.25, 0.3) is 0 Å². The summed E-state index contributed by atoms with van der Waals surface area (Å²) in [6, 6.07) is 5.95. The first-order chi connectivity index (χ1) is 7.81. The zero-order valence-corrected chi connectivity index (χ0v) is 10.4. The van der Waals surface area contributed by atoms with Crippen molar-refractivity contribution < 1.29 is 14.2 Å². The lowest BCUT2D eigenvalue weighted by Crippen LogP contribution is -1.99. The van der Waals surface area contributed by atoms with Crippen LogP contribution in [0.3, 0.4) is 0 Å². The first-order valence-corrected chi connectivity index (χ1v) is 5.69. The average Bonchev–Trinajstić information content (AvgIpc) is 2.85. The summed E-state index contributed by atoms with van der Waals surface area (Å²) in [7, 11) is 1.67. The van der Waals surface area contributed by atoms with Crippen LogP contribution in [0.15, 0.2) is 18.2 Å². The fraction of sp³-hybridized carbons (Fsp3) is 0.538. The van der Waals surface area contributed by atoms with Gasteiger partial charge in [-0.25, -0.2) is 0 Å². The number of rotatable bonds is 2. The molecule has 1 saturated heterocycles. The average molecular weight is 224 g/mol. The van der Waals surface area contributed by atoms with Gasteiger partial charge >= 0.3 is 0 Å². The number of hydrogen-bond acceptors (Lipinski definition) is 3. The lowest BCUT2D eigenvalue weighted by atomic mass is 10.1. The maximum Gasteiger partial charge on any atom is 0.184 e. The Morgan fingerprint density at radius 3 is 2.31 bits per heavy atom. The predicted octanol–water partition coefficient (Wildman–Crippen LogP) is 3.08. The molecule has 0 amide bonds. The molecule has 1 aromatic carbocycles. The minimum atomic E-state index is -0.195. The second-order valence-corrected chi connectivity index (χ2v) is 3.30. The molecule has 1 aliphatic rings. The topological polar surface area (TPSA) is 27.7 Å². The van der Waals surface area contributed by atoms with Crippen LogP contribution in [0.25, 0.3) is 0 Å². The summed E-state index contributed by atoms with van der Waals surface area (Å²) in [6.45, 7) is 7.36. The zero-order chi connectivity index (χ0) is 12.0. The monoisotopic (exact) mass is 224 g/mol. The minimum Gasteiger partial charge on any atom is -0.496 e. The van der Waals surface area contributed by atoms with Crippen LogP contribution in [0.1, 0.15) is 31.3 Å². The van der Waals surface area contributed by atoms with E-state index in [1.54, 1.807) is 7.11 Å². The Labute approximate surface area is 97.3 Å². The predicted molar refractivity (Wildman–Crippen MR) is 63.7 cm³/mol. The van der Waals surface area contributed by atoms with Gasteiger partial charge in [-0.1, -0.05) is 19.9 Å². The maximum absolute atomic E-state index is 5.40. The van der Waals surface area contributed by atoms with Crippen LogP contribution in [-0.4, -0.2) is 20.3 Å². The Kier molecular flexibility index (Phi) is 5.29. The zero-order valence-electron chi connectivity index (χ0n) is 10.4. The van der Waals surface area contributed by atoms with E-state index in [1.165, 1.54) is 0 Å². The summed E-state index contributed by atoms with van der Waals surface area (Å²) in [6.07, 6.45) is -0.195. The molecule has 0 unspecified atom stereocenters. The Hall–Kier alpha value is -1.06. The van der Waals surface area contributed by atoms with Gasteiger partial charge in [-0.2, -0.15) is 0 Å². The van der Waals surface area contributed by atoms with Crippen LogP contribution in [0, 0.1) is 6.92 Å². The van der Waals surface area contributed by atoms with E-state index in [1.807, 2.05) is 39.0 Å². The lowest BCUT2D eigenvalue weighted by molar-refractivity contribution is -0.0441. The van der Waals surface area contributed by atoms with Crippen LogP contribution in [0.4, 0.5) is 0 Å². The molecule has 16 heavy (non-hydrogen) atoms. The highest BCUT2D eigenvalue weighted by Gasteiger charge is 2.18. The van der Waals surface area contributed by atoms with Gasteiger partial charge in [-0.15, -0.1) is 0 Å². The number of aryl methyl sites for hydroxylation is 1. The van der Waals surface area contributed by atoms with Crippen molar-refractivity contribution in [2.75, 3.05) is 20.3 Å². The van der Waals surface area contributed by atoms with Gasteiger partial charge in [-0.05, 0) is 24.6 Å². The van der Waals surface area contributed by atoms with Gasteiger partial charge in [0.05, 0.1) is 20.3 Å². The van der Waals surface area contributed by atoms with Crippen molar-refractivity contribution in [3.8, 4) is 5.75 Å². The summed E-state index contributed by atoms with van der Waals surface area (Å²) in [5.74, 6) is 0.895. The smallest absolute Gasteiger partial charge is 0.184 e. The van der Waals surface area contributed by atoms with E-state index >= 15 is 0 Å². The van der Waals surface area contributed by atoms with Gasteiger partial charge in [0.1, 0.15) is 5.75 Å². The number of benzene rings is 1. The SMILES string of the molecule is CC.COc1ccc(C2OCCO2)cc1C. The summed E-state index contributed by atoms with van der Waals surface area (Å²) in [5, 5.41) is 0. The van der Waals surface area contributed by atoms with Crippen molar-refractivity contribution >= 4 is 0 Å². The number of ether oxygens (including phenoxy) is 3. The highest BCUT2D eigenvalue weighted by molar-refractivity contribution is 5.36. The van der Waals surface area contributed by atoms with Gasteiger partial charge in [0.2, 0.25) is 0 Å². The molecule has 0 bridgehead atoms. The molecule has 1 aliphatic heterocycles. The molecule has 2 rings (SSSR count). The van der Waals surface area contributed by atoms with Gasteiger partial charge in [-0.3, -0.25) is 0 Å². The Bertz CT molecular complexity index is 317. The van der Waals surface area contributed by atoms with Crippen molar-refractivity contribution in [3.05, 3.63) is 29.3 Å². The van der Waals surface area contributed by atoms with Crippen LogP contribution < -0.4 is 4.74 Å². The molecule has 0 atom stereocenters. The fourth-order valence-electron chi connectivity index (χ4n) is 1.60. The quantitative estimate of drug-likeness (QED) is 0.772. The largest absolute Gasteiger partial charge is 0.496 e. The van der Waals surface area contributed by atoms with Gasteiger partial charge in [0.15, 0.2) is 6.29 Å². The van der Waals surface area contributed by atoms with Crippen molar-refractivity contribution in [1.82, 2.24) is 0 Å². The standard InChI is InChI=1S/C11H14O3.C2H6/c1-8-7-9(3-4-10(8)12-2)11-13-5-6-14-11;1-2/h3-4,7,11H,5-6H2,1-2H3;1-2H3. The van der Waals surface area contributed by atoms with Crippen LogP contribution in [0.5, 0.6) is 5.75 Å². The van der Waals surface area contributed by atoms with Crippen molar-refractivity contribution in [1.29, 1.82) is 0 Å². The maximum atomic E-state index is 5.40. The number of hydrogen-bond donors (Lipinski definition) is 0. The molecule has 0 saturated carbocycles. The first-order valence-electron chi connectivity index (χ1n) is 5.69.